The molecule has 0 bridgehead atoms. The molecule has 0 aromatic heterocycles. The van der Waals surface area contributed by atoms with Gasteiger partial charge in [-0.15, -0.1) is 0 Å². The van der Waals surface area contributed by atoms with E-state index in [1.165, 1.54) is 7.11 Å². The largest absolute Gasteiger partial charge is 0.469 e. The maximum absolute atomic E-state index is 11.5. The molecule has 2 fully saturated rings. The molecule has 2 heterocycles. The van der Waals surface area contributed by atoms with Crippen molar-refractivity contribution in [3.8, 4) is 0 Å². The van der Waals surface area contributed by atoms with Crippen LogP contribution in [0.1, 0.15) is 57.8 Å². The average Bonchev–Trinajstić information content (AvgIpc) is 3.00. The number of methoxy groups -OCH3 is 1. The molecule has 0 spiro atoms. The van der Waals surface area contributed by atoms with Crippen LogP contribution in [-0.4, -0.2) is 49.4 Å². The van der Waals surface area contributed by atoms with Crippen LogP contribution in [0.25, 0.3) is 0 Å². The summed E-state index contributed by atoms with van der Waals surface area (Å²) >= 11 is 1.86. The molecule has 2 aliphatic heterocycles. The van der Waals surface area contributed by atoms with Crippen LogP contribution in [-0.2, 0) is 23.8 Å². The summed E-state index contributed by atoms with van der Waals surface area (Å²) in [6.45, 7) is 0.769. The molecular weight excluding hydrogens is 328 g/mol. The van der Waals surface area contributed by atoms with E-state index in [1.807, 2.05) is 11.8 Å². The Labute approximate surface area is 149 Å². The lowest BCUT2D eigenvalue weighted by Gasteiger charge is -2.27. The SMILES string of the molecule is COC(=O)CCCCCCC1SCC(OC2CCCCO2)C1C=O. The lowest BCUT2D eigenvalue weighted by Crippen LogP contribution is -2.34. The van der Waals surface area contributed by atoms with E-state index in [2.05, 4.69) is 4.74 Å². The minimum atomic E-state index is -0.132. The molecule has 4 unspecified atom stereocenters. The van der Waals surface area contributed by atoms with Gasteiger partial charge in [-0.25, -0.2) is 0 Å². The highest BCUT2D eigenvalue weighted by Gasteiger charge is 2.38. The zero-order valence-corrected chi connectivity index (χ0v) is 15.4. The Morgan fingerprint density at radius 2 is 2.08 bits per heavy atom. The highest BCUT2D eigenvalue weighted by Crippen LogP contribution is 2.37. The second-order valence-electron chi connectivity index (χ2n) is 6.58. The first-order valence-corrected chi connectivity index (χ1v) is 10.2. The Balaban J connectivity index is 1.62. The van der Waals surface area contributed by atoms with Crippen molar-refractivity contribution in [2.45, 2.75) is 75.4 Å². The first-order chi connectivity index (χ1) is 11.7. The predicted octanol–water partition coefficient (Wildman–Crippen LogP) is 3.34. The lowest BCUT2D eigenvalue weighted by atomic mass is 9.96. The molecule has 6 heteroatoms. The summed E-state index contributed by atoms with van der Waals surface area (Å²) in [5.74, 6) is 0.735. The number of esters is 1. The van der Waals surface area contributed by atoms with Crippen molar-refractivity contribution in [3.63, 3.8) is 0 Å². The molecule has 0 saturated carbocycles. The van der Waals surface area contributed by atoms with Gasteiger partial charge in [0.25, 0.3) is 0 Å². The van der Waals surface area contributed by atoms with Gasteiger partial charge in [0.15, 0.2) is 6.29 Å². The quantitative estimate of drug-likeness (QED) is 0.339. The first kappa shape index (κ1) is 19.7. The van der Waals surface area contributed by atoms with E-state index in [9.17, 15) is 9.59 Å². The molecular formula is C18H30O5S. The first-order valence-electron chi connectivity index (χ1n) is 9.15. The van der Waals surface area contributed by atoms with Crippen molar-refractivity contribution in [3.05, 3.63) is 0 Å². The van der Waals surface area contributed by atoms with Crippen LogP contribution in [0.15, 0.2) is 0 Å². The second-order valence-corrected chi connectivity index (χ2v) is 7.86. The summed E-state index contributed by atoms with van der Waals surface area (Å²) in [7, 11) is 1.43. The van der Waals surface area contributed by atoms with Crippen LogP contribution in [0.2, 0.25) is 0 Å². The van der Waals surface area contributed by atoms with Crippen molar-refractivity contribution in [1.82, 2.24) is 0 Å². The van der Waals surface area contributed by atoms with Gasteiger partial charge in [0.1, 0.15) is 6.29 Å². The van der Waals surface area contributed by atoms with Crippen molar-refractivity contribution >= 4 is 24.0 Å². The number of rotatable bonds is 10. The average molecular weight is 359 g/mol. The van der Waals surface area contributed by atoms with Gasteiger partial charge in [-0.05, 0) is 32.1 Å². The molecule has 138 valence electrons. The third kappa shape index (κ3) is 6.37. The monoisotopic (exact) mass is 358 g/mol. The maximum atomic E-state index is 11.5. The summed E-state index contributed by atoms with van der Waals surface area (Å²) in [5, 5.41) is 0.358. The van der Waals surface area contributed by atoms with Gasteiger partial charge in [-0.1, -0.05) is 19.3 Å². The van der Waals surface area contributed by atoms with E-state index in [1.54, 1.807) is 0 Å². The van der Waals surface area contributed by atoms with Gasteiger partial charge in [0, 0.05) is 24.0 Å². The van der Waals surface area contributed by atoms with Crippen LogP contribution in [0, 0.1) is 5.92 Å². The van der Waals surface area contributed by atoms with E-state index < -0.39 is 0 Å². The van der Waals surface area contributed by atoms with Gasteiger partial charge in [0.2, 0.25) is 0 Å². The van der Waals surface area contributed by atoms with Crippen molar-refractivity contribution in [2.75, 3.05) is 19.5 Å². The topological polar surface area (TPSA) is 61.8 Å². The molecule has 2 aliphatic rings. The van der Waals surface area contributed by atoms with Gasteiger partial charge in [-0.3, -0.25) is 4.79 Å². The molecule has 0 aliphatic carbocycles. The second kappa shape index (κ2) is 11.1. The number of thioether (sulfide) groups is 1. The van der Waals surface area contributed by atoms with E-state index >= 15 is 0 Å². The normalized spacial score (nSPS) is 30.2. The molecule has 0 radical (unpaired) electrons. The summed E-state index contributed by atoms with van der Waals surface area (Å²) in [4.78, 5) is 22.6. The summed E-state index contributed by atoms with van der Waals surface area (Å²) in [6, 6.07) is 0. The molecule has 0 aromatic carbocycles. The smallest absolute Gasteiger partial charge is 0.305 e. The molecule has 0 aromatic rings. The van der Waals surface area contributed by atoms with Crippen molar-refractivity contribution < 1.29 is 23.8 Å². The fourth-order valence-electron chi connectivity index (χ4n) is 3.35. The van der Waals surface area contributed by atoms with E-state index in [0.29, 0.717) is 11.7 Å². The number of unbranched alkanes of at least 4 members (excludes halogenated alkanes) is 3. The number of aldehydes is 1. The Morgan fingerprint density at radius 3 is 2.79 bits per heavy atom. The lowest BCUT2D eigenvalue weighted by molar-refractivity contribution is -0.190. The van der Waals surface area contributed by atoms with Crippen LogP contribution in [0.3, 0.4) is 0 Å². The van der Waals surface area contributed by atoms with Gasteiger partial charge in [0.05, 0.1) is 19.1 Å². The Bertz CT molecular complexity index is 384. The Morgan fingerprint density at radius 1 is 1.25 bits per heavy atom. The van der Waals surface area contributed by atoms with E-state index in [4.69, 9.17) is 9.47 Å². The molecule has 0 N–H and O–H groups in total. The molecule has 2 rings (SSSR count). The highest BCUT2D eigenvalue weighted by molar-refractivity contribution is 8.00. The van der Waals surface area contributed by atoms with E-state index in [0.717, 1.165) is 70.0 Å². The third-order valence-electron chi connectivity index (χ3n) is 4.80. The van der Waals surface area contributed by atoms with Gasteiger partial charge >= 0.3 is 5.97 Å². The fraction of sp³-hybridized carbons (Fsp3) is 0.889. The van der Waals surface area contributed by atoms with Gasteiger partial charge in [-0.2, -0.15) is 11.8 Å². The minimum absolute atomic E-state index is 0.0000700. The molecule has 5 nitrogen and oxygen atoms in total. The number of carbonyl (C=O) groups is 2. The number of carbonyl (C=O) groups excluding carboxylic acids is 2. The number of hydrogen-bond donors (Lipinski definition) is 0. The van der Waals surface area contributed by atoms with Gasteiger partial charge < -0.3 is 19.0 Å². The Kier molecular flexibility index (Phi) is 9.13. The standard InChI is InChI=1S/C18H30O5S/c1-21-17(20)9-5-3-2-4-8-16-14(12-19)15(13-24-16)23-18-10-6-7-11-22-18/h12,14-16,18H,2-11,13H2,1H3. The zero-order valence-electron chi connectivity index (χ0n) is 14.6. The zero-order chi connectivity index (χ0) is 17.2. The molecule has 4 atom stereocenters. The predicted molar refractivity (Wildman–Crippen MR) is 94.0 cm³/mol. The van der Waals surface area contributed by atoms with Crippen molar-refractivity contribution in [2.24, 2.45) is 5.92 Å². The molecule has 0 amide bonds. The summed E-state index contributed by atoms with van der Waals surface area (Å²) in [5.41, 5.74) is 0. The highest BCUT2D eigenvalue weighted by atomic mass is 32.2. The number of hydrogen-bond acceptors (Lipinski definition) is 6. The molecule has 24 heavy (non-hydrogen) atoms. The van der Waals surface area contributed by atoms with Crippen LogP contribution in [0.5, 0.6) is 0 Å². The minimum Gasteiger partial charge on any atom is -0.469 e. The fourth-order valence-corrected chi connectivity index (χ4v) is 4.88. The van der Waals surface area contributed by atoms with E-state index in [-0.39, 0.29) is 24.3 Å². The van der Waals surface area contributed by atoms with Crippen LogP contribution >= 0.6 is 11.8 Å². The molecule has 2 saturated heterocycles. The number of ether oxygens (including phenoxy) is 3. The summed E-state index contributed by atoms with van der Waals surface area (Å²) in [6.07, 6.45) is 9.80. The van der Waals surface area contributed by atoms with Crippen LogP contribution in [0.4, 0.5) is 0 Å². The third-order valence-corrected chi connectivity index (χ3v) is 6.30. The summed E-state index contributed by atoms with van der Waals surface area (Å²) < 4.78 is 16.3. The van der Waals surface area contributed by atoms with Crippen molar-refractivity contribution in [1.29, 1.82) is 0 Å². The Hall–Kier alpha value is -0.590. The van der Waals surface area contributed by atoms with Crippen LogP contribution < -0.4 is 0 Å². The maximum Gasteiger partial charge on any atom is 0.305 e.